The van der Waals surface area contributed by atoms with Crippen LogP contribution in [-0.4, -0.2) is 44.8 Å². The van der Waals surface area contributed by atoms with Gasteiger partial charge >= 0.3 is 23.9 Å². The normalized spacial score (nSPS) is 10.4. The third kappa shape index (κ3) is 4.64. The first-order chi connectivity index (χ1) is 8.23. The molecule has 8 nitrogen and oxygen atoms in total. The molecule has 0 heterocycles. The van der Waals surface area contributed by atoms with Gasteiger partial charge in [0.1, 0.15) is 0 Å². The highest BCUT2D eigenvalue weighted by Gasteiger charge is 2.46. The molecule has 18 heavy (non-hydrogen) atoms. The number of hydrogen-bond acceptors (Lipinski definition) is 5. The van der Waals surface area contributed by atoms with Gasteiger partial charge < -0.3 is 20.1 Å². The third-order valence-electron chi connectivity index (χ3n) is 1.88. The average molecular weight is 260 g/mol. The summed E-state index contributed by atoms with van der Waals surface area (Å²) in [6.07, 6.45) is -1.51. The van der Waals surface area contributed by atoms with Gasteiger partial charge in [-0.1, -0.05) is 6.08 Å². The summed E-state index contributed by atoms with van der Waals surface area (Å²) in [7, 11) is 0. The van der Waals surface area contributed by atoms with Crippen LogP contribution in [0.2, 0.25) is 0 Å². The lowest BCUT2D eigenvalue weighted by Crippen LogP contribution is -2.47. The lowest BCUT2D eigenvalue weighted by Gasteiger charge is -2.25. The summed E-state index contributed by atoms with van der Waals surface area (Å²) in [6.45, 7) is 3.22. The number of carboxylic acid groups (broad SMARTS) is 3. The molecule has 3 N–H and O–H groups in total. The van der Waals surface area contributed by atoms with E-state index >= 15 is 0 Å². The van der Waals surface area contributed by atoms with Gasteiger partial charge in [-0.15, -0.1) is 6.58 Å². The van der Waals surface area contributed by atoms with Crippen LogP contribution in [0.3, 0.4) is 0 Å². The van der Waals surface area contributed by atoms with Gasteiger partial charge in [-0.05, 0) is 0 Å². The Kier molecular flexibility index (Phi) is 5.54. The quantitative estimate of drug-likeness (QED) is 0.405. The monoisotopic (exact) mass is 260 g/mol. The Morgan fingerprint density at radius 3 is 1.78 bits per heavy atom. The van der Waals surface area contributed by atoms with Gasteiger partial charge in [-0.2, -0.15) is 0 Å². The second kappa shape index (κ2) is 6.38. The first-order valence-corrected chi connectivity index (χ1v) is 4.73. The van der Waals surface area contributed by atoms with E-state index in [0.29, 0.717) is 0 Å². The summed E-state index contributed by atoms with van der Waals surface area (Å²) in [4.78, 5) is 43.3. The minimum absolute atomic E-state index is 0.353. The Labute approximate surface area is 101 Å². The minimum atomic E-state index is -2.61. The molecule has 0 aliphatic carbocycles. The van der Waals surface area contributed by atoms with Crippen LogP contribution >= 0.6 is 0 Å². The smallest absolute Gasteiger partial charge is 0.349 e. The number of ether oxygens (including phenoxy) is 1. The van der Waals surface area contributed by atoms with E-state index in [4.69, 9.17) is 15.3 Å². The van der Waals surface area contributed by atoms with Crippen LogP contribution in [0.4, 0.5) is 0 Å². The summed E-state index contributed by atoms with van der Waals surface area (Å²) in [5, 5.41) is 26.1. The molecule has 0 radical (unpaired) electrons. The van der Waals surface area contributed by atoms with Gasteiger partial charge in [0.05, 0.1) is 19.3 Å². The number of hydrogen-bond donors (Lipinski definition) is 3. The third-order valence-corrected chi connectivity index (χ3v) is 1.88. The van der Waals surface area contributed by atoms with Gasteiger partial charge in [-0.3, -0.25) is 14.4 Å². The van der Waals surface area contributed by atoms with E-state index in [1.165, 1.54) is 0 Å². The van der Waals surface area contributed by atoms with Crippen molar-refractivity contribution in [3.05, 3.63) is 12.7 Å². The van der Waals surface area contributed by atoms with Crippen molar-refractivity contribution in [2.75, 3.05) is 0 Å². The Morgan fingerprint density at radius 2 is 1.50 bits per heavy atom. The SMILES string of the molecule is C=CCC(=O)OC(CC(=O)O)(CC(=O)O)C(=O)O. The van der Waals surface area contributed by atoms with Crippen molar-refractivity contribution in [1.82, 2.24) is 0 Å². The van der Waals surface area contributed by atoms with Crippen LogP contribution in [0.15, 0.2) is 12.7 Å². The summed E-state index contributed by atoms with van der Waals surface area (Å²) < 4.78 is 4.49. The number of carbonyl (C=O) groups is 4. The van der Waals surface area contributed by atoms with E-state index in [9.17, 15) is 19.2 Å². The van der Waals surface area contributed by atoms with E-state index < -0.39 is 42.3 Å². The van der Waals surface area contributed by atoms with Crippen molar-refractivity contribution < 1.29 is 39.2 Å². The van der Waals surface area contributed by atoms with Crippen molar-refractivity contribution in [2.24, 2.45) is 0 Å². The number of carbonyl (C=O) groups excluding carboxylic acids is 1. The van der Waals surface area contributed by atoms with E-state index in [0.717, 1.165) is 6.08 Å². The fourth-order valence-electron chi connectivity index (χ4n) is 1.20. The number of rotatable bonds is 8. The molecule has 0 atom stereocenters. The molecule has 0 amide bonds. The molecule has 0 saturated heterocycles. The van der Waals surface area contributed by atoms with E-state index in [2.05, 4.69) is 11.3 Å². The van der Waals surface area contributed by atoms with Crippen LogP contribution in [0.1, 0.15) is 19.3 Å². The highest BCUT2D eigenvalue weighted by Crippen LogP contribution is 2.23. The van der Waals surface area contributed by atoms with Crippen molar-refractivity contribution in [1.29, 1.82) is 0 Å². The van der Waals surface area contributed by atoms with Crippen molar-refractivity contribution in [3.8, 4) is 0 Å². The van der Waals surface area contributed by atoms with Gasteiger partial charge in [0.2, 0.25) is 5.60 Å². The van der Waals surface area contributed by atoms with E-state index in [1.807, 2.05) is 0 Å². The van der Waals surface area contributed by atoms with Crippen molar-refractivity contribution in [3.63, 3.8) is 0 Å². The van der Waals surface area contributed by atoms with E-state index in [-0.39, 0.29) is 6.42 Å². The van der Waals surface area contributed by atoms with E-state index in [1.54, 1.807) is 0 Å². The summed E-state index contributed by atoms with van der Waals surface area (Å²) in [6, 6.07) is 0. The lowest BCUT2D eigenvalue weighted by molar-refractivity contribution is -0.185. The highest BCUT2D eigenvalue weighted by atomic mass is 16.6. The predicted molar refractivity (Wildman–Crippen MR) is 55.8 cm³/mol. The molecule has 0 rings (SSSR count). The Bertz CT molecular complexity index is 367. The van der Waals surface area contributed by atoms with Crippen molar-refractivity contribution >= 4 is 23.9 Å². The summed E-state index contributed by atoms with van der Waals surface area (Å²) in [5.74, 6) is -6.07. The van der Waals surface area contributed by atoms with Gasteiger partial charge in [0.15, 0.2) is 0 Å². The molecule has 0 aromatic rings. The van der Waals surface area contributed by atoms with Crippen LogP contribution in [0, 0.1) is 0 Å². The fourth-order valence-corrected chi connectivity index (χ4v) is 1.20. The molecule has 0 aliphatic heterocycles. The van der Waals surface area contributed by atoms with Gasteiger partial charge in [-0.25, -0.2) is 4.79 Å². The molecule has 8 heteroatoms. The fraction of sp³-hybridized carbons (Fsp3) is 0.400. The largest absolute Gasteiger partial charge is 0.481 e. The topological polar surface area (TPSA) is 138 Å². The Morgan fingerprint density at radius 1 is 1.06 bits per heavy atom. The summed E-state index contributed by atoms with van der Waals surface area (Å²) >= 11 is 0. The molecule has 0 aromatic carbocycles. The van der Waals surface area contributed by atoms with Crippen LogP contribution < -0.4 is 0 Å². The van der Waals surface area contributed by atoms with Gasteiger partial charge in [0, 0.05) is 0 Å². The molecule has 0 bridgehead atoms. The zero-order valence-electron chi connectivity index (χ0n) is 9.29. The maximum atomic E-state index is 11.2. The zero-order valence-corrected chi connectivity index (χ0v) is 9.29. The summed E-state index contributed by atoms with van der Waals surface area (Å²) in [5.41, 5.74) is -2.61. The molecule has 0 aromatic heterocycles. The van der Waals surface area contributed by atoms with Crippen LogP contribution in [0.25, 0.3) is 0 Å². The first kappa shape index (κ1) is 15.6. The highest BCUT2D eigenvalue weighted by molar-refractivity contribution is 5.90. The molecule has 0 aliphatic rings. The Balaban J connectivity index is 5.24. The van der Waals surface area contributed by atoms with Crippen LogP contribution in [0.5, 0.6) is 0 Å². The lowest BCUT2D eigenvalue weighted by atomic mass is 9.95. The maximum absolute atomic E-state index is 11.2. The van der Waals surface area contributed by atoms with Crippen LogP contribution in [-0.2, 0) is 23.9 Å². The zero-order chi connectivity index (χ0) is 14.3. The Hall–Kier alpha value is -2.38. The second-order valence-electron chi connectivity index (χ2n) is 3.41. The molecule has 0 fully saturated rings. The number of esters is 1. The second-order valence-corrected chi connectivity index (χ2v) is 3.41. The molecular formula is C10H12O8. The van der Waals surface area contributed by atoms with Gasteiger partial charge in [0.25, 0.3) is 0 Å². The molecule has 0 unspecified atom stereocenters. The molecule has 0 saturated carbocycles. The predicted octanol–water partition coefficient (Wildman–Crippen LogP) is -0.122. The average Bonchev–Trinajstić information content (AvgIpc) is 2.14. The number of aliphatic carboxylic acids is 3. The maximum Gasteiger partial charge on any atom is 0.349 e. The molecular weight excluding hydrogens is 248 g/mol. The number of carboxylic acids is 3. The molecule has 0 spiro atoms. The van der Waals surface area contributed by atoms with Crippen molar-refractivity contribution in [2.45, 2.75) is 24.9 Å². The standard InChI is InChI=1S/C10H12O8/c1-2-3-8(15)18-10(9(16)17,4-6(11)12)5-7(13)14/h2H,1,3-5H2,(H,11,12)(H,13,14)(H,16,17). The minimum Gasteiger partial charge on any atom is -0.481 e. The first-order valence-electron chi connectivity index (χ1n) is 4.73. The molecule has 100 valence electrons.